The molecule has 134 valence electrons. The van der Waals surface area contributed by atoms with Crippen molar-refractivity contribution in [1.82, 2.24) is 9.78 Å². The van der Waals surface area contributed by atoms with Crippen molar-refractivity contribution in [1.29, 1.82) is 0 Å². The molecule has 1 fully saturated rings. The number of amides is 1. The molecule has 1 aliphatic carbocycles. The number of carbonyl (C=O) groups is 1. The fourth-order valence-electron chi connectivity index (χ4n) is 3.35. The van der Waals surface area contributed by atoms with Crippen LogP contribution in [0.5, 0.6) is 0 Å². The molecule has 0 radical (unpaired) electrons. The van der Waals surface area contributed by atoms with Gasteiger partial charge in [-0.05, 0) is 42.2 Å². The molecule has 1 amide bonds. The molecular weight excluding hydrogens is 324 g/mol. The fraction of sp³-hybridized carbons (Fsp3) is 0.474. The van der Waals surface area contributed by atoms with E-state index >= 15 is 0 Å². The summed E-state index contributed by atoms with van der Waals surface area (Å²) in [7, 11) is 1.52. The van der Waals surface area contributed by atoms with Crippen LogP contribution in [0.2, 0.25) is 0 Å². The van der Waals surface area contributed by atoms with Gasteiger partial charge in [-0.25, -0.2) is 8.78 Å². The molecule has 2 aromatic rings. The van der Waals surface area contributed by atoms with E-state index in [4.69, 9.17) is 0 Å². The summed E-state index contributed by atoms with van der Waals surface area (Å²) in [5.41, 5.74) is 1.14. The van der Waals surface area contributed by atoms with Crippen molar-refractivity contribution in [2.75, 3.05) is 5.32 Å². The van der Waals surface area contributed by atoms with Crippen LogP contribution in [0.1, 0.15) is 60.6 Å². The molecule has 3 rings (SSSR count). The maximum absolute atomic E-state index is 13.1. The number of aryl methyl sites for hydroxylation is 1. The van der Waals surface area contributed by atoms with Gasteiger partial charge < -0.3 is 5.32 Å². The topological polar surface area (TPSA) is 46.9 Å². The van der Waals surface area contributed by atoms with E-state index < -0.39 is 18.0 Å². The molecule has 2 atom stereocenters. The van der Waals surface area contributed by atoms with Crippen LogP contribution in [-0.2, 0) is 7.05 Å². The summed E-state index contributed by atoms with van der Waals surface area (Å²) in [4.78, 5) is 12.5. The Bertz CT molecular complexity index is 768. The smallest absolute Gasteiger partial charge is 0.282 e. The van der Waals surface area contributed by atoms with Crippen LogP contribution in [0, 0.1) is 11.8 Å². The Morgan fingerprint density at radius 3 is 2.60 bits per heavy atom. The van der Waals surface area contributed by atoms with Crippen LogP contribution in [0.4, 0.5) is 14.5 Å². The molecule has 0 saturated heterocycles. The number of carbonyl (C=O) groups excluding carboxylic acids is 1. The molecule has 25 heavy (non-hydrogen) atoms. The maximum Gasteiger partial charge on any atom is 0.282 e. The van der Waals surface area contributed by atoms with Gasteiger partial charge in [-0.15, -0.1) is 0 Å². The first-order valence-corrected chi connectivity index (χ1v) is 8.60. The van der Waals surface area contributed by atoms with Crippen LogP contribution in [0.15, 0.2) is 30.5 Å². The van der Waals surface area contributed by atoms with E-state index in [0.29, 0.717) is 11.6 Å². The predicted octanol–water partition coefficient (Wildman–Crippen LogP) is 4.76. The number of anilines is 1. The number of alkyl halides is 2. The minimum absolute atomic E-state index is 0.0878. The van der Waals surface area contributed by atoms with Crippen LogP contribution < -0.4 is 5.32 Å². The molecule has 0 unspecified atom stereocenters. The predicted molar refractivity (Wildman–Crippen MR) is 92.9 cm³/mol. The summed E-state index contributed by atoms with van der Waals surface area (Å²) < 4.78 is 27.4. The monoisotopic (exact) mass is 347 g/mol. The van der Waals surface area contributed by atoms with Crippen molar-refractivity contribution in [3.8, 4) is 0 Å². The highest BCUT2D eigenvalue weighted by Crippen LogP contribution is 2.44. The standard InChI is InChI=1S/C19H23F2N3O/c1-11(13-8-9-13)12(2)14-6-4-5-7-16(14)22-19(25)15-10-24(3)23-17(15)18(20)21/h4-7,10-13,18H,8-9H2,1-3H3,(H,22,25)/t11-,12+/m0/s1. The summed E-state index contributed by atoms with van der Waals surface area (Å²) in [6, 6.07) is 7.60. The maximum atomic E-state index is 13.1. The van der Waals surface area contributed by atoms with E-state index in [1.807, 2.05) is 24.3 Å². The van der Waals surface area contributed by atoms with Gasteiger partial charge in [0.05, 0.1) is 5.56 Å². The van der Waals surface area contributed by atoms with Gasteiger partial charge in [0.15, 0.2) is 0 Å². The molecule has 1 N–H and O–H groups in total. The Balaban J connectivity index is 1.84. The van der Waals surface area contributed by atoms with Crippen molar-refractivity contribution in [3.63, 3.8) is 0 Å². The van der Waals surface area contributed by atoms with Gasteiger partial charge in [-0.1, -0.05) is 32.0 Å². The van der Waals surface area contributed by atoms with E-state index in [9.17, 15) is 13.6 Å². The molecule has 4 nitrogen and oxygen atoms in total. The average Bonchev–Trinajstić information content (AvgIpc) is 3.35. The Hall–Kier alpha value is -2.24. The van der Waals surface area contributed by atoms with Gasteiger partial charge in [-0.3, -0.25) is 9.48 Å². The van der Waals surface area contributed by atoms with Crippen LogP contribution in [-0.4, -0.2) is 15.7 Å². The quantitative estimate of drug-likeness (QED) is 0.819. The Labute approximate surface area is 146 Å². The Morgan fingerprint density at radius 1 is 1.28 bits per heavy atom. The van der Waals surface area contributed by atoms with E-state index in [2.05, 4.69) is 24.3 Å². The SMILES string of the molecule is C[C@H](C1CC1)[C@@H](C)c1ccccc1NC(=O)c1cn(C)nc1C(F)F. The second kappa shape index (κ2) is 6.94. The van der Waals surface area contributed by atoms with Gasteiger partial charge in [0.1, 0.15) is 5.69 Å². The van der Waals surface area contributed by atoms with Crippen molar-refractivity contribution in [2.24, 2.45) is 18.9 Å². The number of para-hydroxylation sites is 1. The first-order valence-electron chi connectivity index (χ1n) is 8.60. The highest BCUT2D eigenvalue weighted by Gasteiger charge is 2.33. The molecule has 0 spiro atoms. The van der Waals surface area contributed by atoms with Crippen LogP contribution in [0.25, 0.3) is 0 Å². The Kier molecular flexibility index (Phi) is 4.88. The number of aromatic nitrogens is 2. The number of benzene rings is 1. The third kappa shape index (κ3) is 3.72. The summed E-state index contributed by atoms with van der Waals surface area (Å²) in [6.07, 6.45) is 1.06. The molecule has 1 heterocycles. The van der Waals surface area contributed by atoms with Gasteiger partial charge in [0.2, 0.25) is 0 Å². The minimum Gasteiger partial charge on any atom is -0.322 e. The van der Waals surface area contributed by atoms with Crippen molar-refractivity contribution < 1.29 is 13.6 Å². The zero-order valence-electron chi connectivity index (χ0n) is 14.7. The van der Waals surface area contributed by atoms with E-state index in [1.165, 1.54) is 30.8 Å². The van der Waals surface area contributed by atoms with Gasteiger partial charge in [-0.2, -0.15) is 5.10 Å². The highest BCUT2D eigenvalue weighted by molar-refractivity contribution is 6.05. The van der Waals surface area contributed by atoms with Gasteiger partial charge in [0, 0.05) is 18.9 Å². The Morgan fingerprint density at radius 2 is 1.96 bits per heavy atom. The van der Waals surface area contributed by atoms with Crippen molar-refractivity contribution in [2.45, 2.75) is 39.0 Å². The highest BCUT2D eigenvalue weighted by atomic mass is 19.3. The normalized spacial score (nSPS) is 16.7. The molecule has 1 aromatic carbocycles. The van der Waals surface area contributed by atoms with Crippen LogP contribution >= 0.6 is 0 Å². The zero-order valence-corrected chi connectivity index (χ0v) is 14.7. The van der Waals surface area contributed by atoms with E-state index in [0.717, 1.165) is 11.5 Å². The lowest BCUT2D eigenvalue weighted by atomic mass is 9.85. The number of hydrogen-bond acceptors (Lipinski definition) is 2. The lowest BCUT2D eigenvalue weighted by molar-refractivity contribution is 0.101. The molecule has 1 saturated carbocycles. The van der Waals surface area contributed by atoms with Gasteiger partial charge in [0.25, 0.3) is 12.3 Å². The third-order valence-corrected chi connectivity index (χ3v) is 5.16. The lowest BCUT2D eigenvalue weighted by Crippen LogP contribution is -2.17. The fourth-order valence-corrected chi connectivity index (χ4v) is 3.35. The minimum atomic E-state index is -2.79. The molecule has 1 aromatic heterocycles. The third-order valence-electron chi connectivity index (χ3n) is 5.16. The summed E-state index contributed by atoms with van der Waals surface area (Å²) >= 11 is 0. The average molecular weight is 347 g/mol. The molecule has 0 aliphatic heterocycles. The first kappa shape index (κ1) is 17.6. The number of nitrogens with one attached hydrogen (secondary N) is 1. The molecule has 6 heteroatoms. The summed E-state index contributed by atoms with van der Waals surface area (Å²) in [5, 5.41) is 6.50. The number of rotatable bonds is 6. The number of halogens is 2. The molecular formula is C19H23F2N3O. The second-order valence-corrected chi connectivity index (χ2v) is 6.93. The van der Waals surface area contributed by atoms with E-state index in [-0.39, 0.29) is 11.5 Å². The lowest BCUT2D eigenvalue weighted by Gasteiger charge is -2.23. The van der Waals surface area contributed by atoms with Gasteiger partial charge >= 0.3 is 0 Å². The van der Waals surface area contributed by atoms with Crippen molar-refractivity contribution in [3.05, 3.63) is 47.3 Å². The molecule has 1 aliphatic rings. The largest absolute Gasteiger partial charge is 0.322 e. The first-order chi connectivity index (χ1) is 11.9. The summed E-state index contributed by atoms with van der Waals surface area (Å²) in [5.74, 6) is 0.991. The molecule has 0 bridgehead atoms. The van der Waals surface area contributed by atoms with Crippen LogP contribution in [0.3, 0.4) is 0 Å². The summed E-state index contributed by atoms with van der Waals surface area (Å²) in [6.45, 7) is 4.39. The number of nitrogens with zero attached hydrogens (tertiary/aromatic N) is 2. The number of hydrogen-bond donors (Lipinski definition) is 1. The zero-order chi connectivity index (χ0) is 18.1. The van der Waals surface area contributed by atoms with E-state index in [1.54, 1.807) is 0 Å². The second-order valence-electron chi connectivity index (χ2n) is 6.93. The van der Waals surface area contributed by atoms with Crippen molar-refractivity contribution >= 4 is 11.6 Å².